The molecule has 148 valence electrons. The minimum Gasteiger partial charge on any atom is -0.454 e. The van der Waals surface area contributed by atoms with Crippen LogP contribution in [0.15, 0.2) is 54.6 Å². The second-order valence-electron chi connectivity index (χ2n) is 6.73. The van der Waals surface area contributed by atoms with Gasteiger partial charge < -0.3 is 19.7 Å². The minimum atomic E-state index is -0.173. The monoisotopic (exact) mass is 390 g/mol. The number of hydrogen-bond donors (Lipinski definition) is 1. The van der Waals surface area contributed by atoms with Crippen molar-refractivity contribution < 1.29 is 14.3 Å². The second-order valence-corrected chi connectivity index (χ2v) is 6.73. The molecule has 0 unspecified atom stereocenters. The van der Waals surface area contributed by atoms with Gasteiger partial charge >= 0.3 is 0 Å². The van der Waals surface area contributed by atoms with Gasteiger partial charge in [-0.05, 0) is 61.4 Å². The fraction of sp³-hybridized carbons (Fsp3) is 0.227. The lowest BCUT2D eigenvalue weighted by Gasteiger charge is -2.20. The van der Waals surface area contributed by atoms with Crippen molar-refractivity contribution in [2.75, 3.05) is 23.6 Å². The van der Waals surface area contributed by atoms with Crippen LogP contribution in [0.5, 0.6) is 11.5 Å². The number of ether oxygens (including phenoxy) is 2. The van der Waals surface area contributed by atoms with Crippen LogP contribution in [0.4, 0.5) is 11.5 Å². The number of carbonyl (C=O) groups excluding carboxylic acids is 1. The molecule has 4 rings (SSSR count). The molecule has 2 aromatic carbocycles. The molecule has 1 aromatic heterocycles. The summed E-state index contributed by atoms with van der Waals surface area (Å²) >= 11 is 0. The van der Waals surface area contributed by atoms with E-state index in [1.807, 2.05) is 56.3 Å². The van der Waals surface area contributed by atoms with Gasteiger partial charge in [0.05, 0.1) is 0 Å². The van der Waals surface area contributed by atoms with Crippen molar-refractivity contribution in [3.8, 4) is 11.5 Å². The van der Waals surface area contributed by atoms with E-state index in [0.29, 0.717) is 24.6 Å². The Bertz CT molecular complexity index is 1020. The van der Waals surface area contributed by atoms with E-state index in [1.165, 1.54) is 0 Å². The molecule has 1 aliphatic heterocycles. The summed E-state index contributed by atoms with van der Waals surface area (Å²) in [5.74, 6) is 1.92. The number of aromatic nitrogens is 2. The fourth-order valence-electron chi connectivity index (χ4n) is 3.16. The molecule has 2 heterocycles. The van der Waals surface area contributed by atoms with E-state index < -0.39 is 0 Å². The fourth-order valence-corrected chi connectivity index (χ4v) is 3.16. The molecular weight excluding hydrogens is 368 g/mol. The number of rotatable bonds is 6. The lowest BCUT2D eigenvalue weighted by molar-refractivity contribution is 0.0982. The maximum absolute atomic E-state index is 12.9. The van der Waals surface area contributed by atoms with Crippen LogP contribution in [-0.2, 0) is 6.54 Å². The SMILES string of the molecule is CCN(C(=O)c1ccc(NCc2ccc3c(c2)OCO3)nn1)c1cccc(C)c1. The molecule has 1 amide bonds. The summed E-state index contributed by atoms with van der Waals surface area (Å²) in [6.45, 7) is 5.30. The van der Waals surface area contributed by atoms with Crippen molar-refractivity contribution in [1.29, 1.82) is 0 Å². The largest absolute Gasteiger partial charge is 0.454 e. The van der Waals surface area contributed by atoms with E-state index in [4.69, 9.17) is 9.47 Å². The zero-order chi connectivity index (χ0) is 20.2. The lowest BCUT2D eigenvalue weighted by Crippen LogP contribution is -2.31. The van der Waals surface area contributed by atoms with Crippen LogP contribution >= 0.6 is 0 Å². The number of fused-ring (bicyclic) bond motifs is 1. The Kier molecular flexibility index (Phi) is 5.29. The molecule has 3 aromatic rings. The van der Waals surface area contributed by atoms with Gasteiger partial charge in [0.25, 0.3) is 5.91 Å². The van der Waals surface area contributed by atoms with Gasteiger partial charge in [0, 0.05) is 18.8 Å². The highest BCUT2D eigenvalue weighted by atomic mass is 16.7. The average molecular weight is 390 g/mol. The van der Waals surface area contributed by atoms with Crippen molar-refractivity contribution in [2.24, 2.45) is 0 Å². The van der Waals surface area contributed by atoms with Gasteiger partial charge in [0.1, 0.15) is 5.82 Å². The summed E-state index contributed by atoms with van der Waals surface area (Å²) in [4.78, 5) is 14.6. The predicted molar refractivity (Wildman–Crippen MR) is 110 cm³/mol. The molecule has 1 aliphatic rings. The molecule has 7 nitrogen and oxygen atoms in total. The third kappa shape index (κ3) is 4.13. The molecule has 1 N–H and O–H groups in total. The number of amides is 1. The van der Waals surface area contributed by atoms with E-state index in [-0.39, 0.29) is 12.7 Å². The Morgan fingerprint density at radius 3 is 2.69 bits per heavy atom. The summed E-state index contributed by atoms with van der Waals surface area (Å²) in [5.41, 5.74) is 3.29. The van der Waals surface area contributed by atoms with Crippen molar-refractivity contribution in [3.05, 3.63) is 71.4 Å². The van der Waals surface area contributed by atoms with Crippen molar-refractivity contribution in [3.63, 3.8) is 0 Å². The molecule has 0 aliphatic carbocycles. The van der Waals surface area contributed by atoms with Crippen molar-refractivity contribution in [2.45, 2.75) is 20.4 Å². The summed E-state index contributed by atoms with van der Waals surface area (Å²) in [6, 6.07) is 17.1. The third-order valence-electron chi connectivity index (χ3n) is 4.67. The third-order valence-corrected chi connectivity index (χ3v) is 4.67. The zero-order valence-electron chi connectivity index (χ0n) is 16.4. The van der Waals surface area contributed by atoms with Crippen LogP contribution in [0.2, 0.25) is 0 Å². The predicted octanol–water partition coefficient (Wildman–Crippen LogP) is 3.79. The molecule has 0 bridgehead atoms. The number of hydrogen-bond acceptors (Lipinski definition) is 6. The topological polar surface area (TPSA) is 76.6 Å². The van der Waals surface area contributed by atoms with E-state index in [9.17, 15) is 4.79 Å². The van der Waals surface area contributed by atoms with Gasteiger partial charge in [-0.1, -0.05) is 18.2 Å². The highest BCUT2D eigenvalue weighted by molar-refractivity contribution is 6.04. The van der Waals surface area contributed by atoms with Crippen molar-refractivity contribution >= 4 is 17.4 Å². The molecule has 7 heteroatoms. The number of benzene rings is 2. The number of anilines is 2. The molecule has 0 fully saturated rings. The first-order valence-electron chi connectivity index (χ1n) is 9.48. The van der Waals surface area contributed by atoms with Crippen LogP contribution < -0.4 is 19.7 Å². The van der Waals surface area contributed by atoms with Gasteiger partial charge in [-0.15, -0.1) is 10.2 Å². The quantitative estimate of drug-likeness (QED) is 0.690. The second kappa shape index (κ2) is 8.18. The highest BCUT2D eigenvalue weighted by Gasteiger charge is 2.18. The first kappa shape index (κ1) is 18.7. The molecule has 0 spiro atoms. The molecule has 0 atom stereocenters. The number of aryl methyl sites for hydroxylation is 1. The Hall–Kier alpha value is -3.61. The van der Waals surface area contributed by atoms with E-state index in [1.54, 1.807) is 17.0 Å². The number of nitrogens with one attached hydrogen (secondary N) is 1. The summed E-state index contributed by atoms with van der Waals surface area (Å²) in [5, 5.41) is 11.5. The summed E-state index contributed by atoms with van der Waals surface area (Å²) < 4.78 is 10.7. The Morgan fingerprint density at radius 2 is 1.93 bits per heavy atom. The summed E-state index contributed by atoms with van der Waals surface area (Å²) in [6.07, 6.45) is 0. The van der Waals surface area contributed by atoms with E-state index in [2.05, 4.69) is 15.5 Å². The Labute approximate surface area is 169 Å². The normalized spacial score (nSPS) is 11.9. The standard InChI is InChI=1S/C22H22N4O3/c1-3-26(17-6-4-5-15(2)11-17)22(27)18-8-10-21(25-24-18)23-13-16-7-9-19-20(12-16)29-14-28-19/h4-12H,3,13-14H2,1-2H3,(H,23,25). The van der Waals surface area contributed by atoms with Gasteiger partial charge in [-0.25, -0.2) is 0 Å². The lowest BCUT2D eigenvalue weighted by atomic mass is 10.2. The van der Waals surface area contributed by atoms with Crippen LogP contribution in [-0.4, -0.2) is 29.4 Å². The zero-order valence-corrected chi connectivity index (χ0v) is 16.4. The average Bonchev–Trinajstić information content (AvgIpc) is 3.21. The van der Waals surface area contributed by atoms with E-state index >= 15 is 0 Å². The van der Waals surface area contributed by atoms with Gasteiger partial charge in [0.2, 0.25) is 6.79 Å². The van der Waals surface area contributed by atoms with Crippen LogP contribution in [0.1, 0.15) is 28.5 Å². The molecule has 0 radical (unpaired) electrons. The first-order valence-corrected chi connectivity index (χ1v) is 9.48. The van der Waals surface area contributed by atoms with Crippen LogP contribution in [0.3, 0.4) is 0 Å². The van der Waals surface area contributed by atoms with Crippen molar-refractivity contribution in [1.82, 2.24) is 10.2 Å². The molecule has 29 heavy (non-hydrogen) atoms. The smallest absolute Gasteiger partial charge is 0.278 e. The number of nitrogens with zero attached hydrogens (tertiary/aromatic N) is 3. The summed E-state index contributed by atoms with van der Waals surface area (Å²) in [7, 11) is 0. The van der Waals surface area contributed by atoms with Gasteiger partial charge in [-0.3, -0.25) is 4.79 Å². The maximum atomic E-state index is 12.9. The van der Waals surface area contributed by atoms with E-state index in [0.717, 1.165) is 28.3 Å². The minimum absolute atomic E-state index is 0.173. The Balaban J connectivity index is 1.42. The van der Waals surface area contributed by atoms with Crippen LogP contribution in [0, 0.1) is 6.92 Å². The van der Waals surface area contributed by atoms with Gasteiger partial charge in [-0.2, -0.15) is 0 Å². The molecule has 0 saturated carbocycles. The molecular formula is C22H22N4O3. The first-order chi connectivity index (χ1) is 14.1. The van der Waals surface area contributed by atoms with Crippen LogP contribution in [0.25, 0.3) is 0 Å². The maximum Gasteiger partial charge on any atom is 0.278 e. The number of carbonyl (C=O) groups is 1. The molecule has 0 saturated heterocycles. The highest BCUT2D eigenvalue weighted by Crippen LogP contribution is 2.32. The Morgan fingerprint density at radius 1 is 1.07 bits per heavy atom. The van der Waals surface area contributed by atoms with Gasteiger partial charge in [0.15, 0.2) is 17.2 Å².